The van der Waals surface area contributed by atoms with Gasteiger partial charge in [0.05, 0.1) is 18.9 Å². The van der Waals surface area contributed by atoms with Crippen LogP contribution >= 0.6 is 0 Å². The van der Waals surface area contributed by atoms with Crippen molar-refractivity contribution in [1.82, 2.24) is 4.90 Å². The molecule has 7 heteroatoms. The lowest BCUT2D eigenvalue weighted by Crippen LogP contribution is -2.40. The number of methoxy groups -OCH3 is 1. The lowest BCUT2D eigenvalue weighted by Gasteiger charge is -2.32. The van der Waals surface area contributed by atoms with E-state index in [4.69, 9.17) is 0 Å². The summed E-state index contributed by atoms with van der Waals surface area (Å²) < 4.78 is 42.3. The van der Waals surface area contributed by atoms with Crippen molar-refractivity contribution in [3.05, 3.63) is 0 Å². The van der Waals surface area contributed by atoms with E-state index < -0.39 is 24.0 Å². The Labute approximate surface area is 122 Å². The highest BCUT2D eigenvalue weighted by molar-refractivity contribution is 5.79. The molecule has 0 aromatic heterocycles. The summed E-state index contributed by atoms with van der Waals surface area (Å²) in [6.45, 7) is 1.86. The molecule has 1 aliphatic carbocycles. The van der Waals surface area contributed by atoms with Gasteiger partial charge < -0.3 is 9.64 Å². The molecule has 21 heavy (non-hydrogen) atoms. The van der Waals surface area contributed by atoms with Crippen LogP contribution in [0, 0.1) is 17.8 Å². The van der Waals surface area contributed by atoms with Crippen molar-refractivity contribution in [3.8, 4) is 0 Å². The Kier molecular flexibility index (Phi) is 6.04. The minimum Gasteiger partial charge on any atom is -0.469 e. The number of carbonyl (C=O) groups is 2. The normalized spacial score (nSPS) is 24.3. The van der Waals surface area contributed by atoms with E-state index in [0.717, 1.165) is 0 Å². The Morgan fingerprint density at radius 3 is 2.19 bits per heavy atom. The van der Waals surface area contributed by atoms with Gasteiger partial charge in [0, 0.05) is 19.5 Å². The van der Waals surface area contributed by atoms with E-state index in [0.29, 0.717) is 0 Å². The SMILES string of the molecule is COC(=O)C(C)CN(C)C(=O)C1CCC(C(F)(F)F)CC1. The van der Waals surface area contributed by atoms with Crippen molar-refractivity contribution in [2.24, 2.45) is 17.8 Å². The summed E-state index contributed by atoms with van der Waals surface area (Å²) in [7, 11) is 2.84. The van der Waals surface area contributed by atoms with E-state index in [-0.39, 0.29) is 44.1 Å². The Morgan fingerprint density at radius 2 is 1.76 bits per heavy atom. The average molecular weight is 309 g/mol. The minimum atomic E-state index is -4.17. The number of alkyl halides is 3. The maximum atomic E-state index is 12.6. The highest BCUT2D eigenvalue weighted by Gasteiger charge is 2.42. The molecule has 0 saturated heterocycles. The smallest absolute Gasteiger partial charge is 0.391 e. The van der Waals surface area contributed by atoms with Crippen LogP contribution in [0.5, 0.6) is 0 Å². The van der Waals surface area contributed by atoms with Crippen molar-refractivity contribution < 1.29 is 27.5 Å². The van der Waals surface area contributed by atoms with E-state index >= 15 is 0 Å². The van der Waals surface area contributed by atoms with Gasteiger partial charge in [-0.25, -0.2) is 0 Å². The molecule has 1 fully saturated rings. The predicted octanol–water partition coefficient (Wildman–Crippen LogP) is 2.62. The van der Waals surface area contributed by atoms with E-state index in [9.17, 15) is 22.8 Å². The summed E-state index contributed by atoms with van der Waals surface area (Å²) in [6, 6.07) is 0. The highest BCUT2D eigenvalue weighted by Crippen LogP contribution is 2.39. The monoisotopic (exact) mass is 309 g/mol. The van der Waals surface area contributed by atoms with Crippen LogP contribution in [-0.2, 0) is 14.3 Å². The molecule has 0 aromatic rings. The van der Waals surface area contributed by atoms with Gasteiger partial charge in [0.2, 0.25) is 5.91 Å². The number of nitrogens with zero attached hydrogens (tertiary/aromatic N) is 1. The minimum absolute atomic E-state index is 0.000300. The van der Waals surface area contributed by atoms with Crippen LogP contribution in [0.1, 0.15) is 32.6 Å². The molecule has 0 bridgehead atoms. The van der Waals surface area contributed by atoms with Gasteiger partial charge >= 0.3 is 12.1 Å². The molecule has 1 rings (SSSR count). The molecule has 1 saturated carbocycles. The number of amides is 1. The summed E-state index contributed by atoms with van der Waals surface area (Å²) in [5, 5.41) is 0. The third kappa shape index (κ3) is 4.89. The van der Waals surface area contributed by atoms with Gasteiger partial charge in [-0.3, -0.25) is 9.59 Å². The number of esters is 1. The largest absolute Gasteiger partial charge is 0.469 e. The topological polar surface area (TPSA) is 46.6 Å². The number of hydrogen-bond acceptors (Lipinski definition) is 3. The second-order valence-corrected chi connectivity index (χ2v) is 5.73. The number of halogens is 3. The van der Waals surface area contributed by atoms with Gasteiger partial charge in [0.1, 0.15) is 0 Å². The van der Waals surface area contributed by atoms with Gasteiger partial charge in [-0.05, 0) is 25.7 Å². The van der Waals surface area contributed by atoms with E-state index in [1.807, 2.05) is 0 Å². The molecule has 0 radical (unpaired) electrons. The first kappa shape index (κ1) is 17.8. The van der Waals surface area contributed by atoms with Crippen LogP contribution in [0.2, 0.25) is 0 Å². The van der Waals surface area contributed by atoms with Gasteiger partial charge in [0.25, 0.3) is 0 Å². The van der Waals surface area contributed by atoms with Crippen LogP contribution in [-0.4, -0.2) is 43.7 Å². The molecule has 0 aromatic carbocycles. The van der Waals surface area contributed by atoms with Crippen molar-refractivity contribution >= 4 is 11.9 Å². The standard InChI is InChI=1S/C14H22F3NO3/c1-9(13(20)21-3)8-18(2)12(19)10-4-6-11(7-5-10)14(15,16)17/h9-11H,4-8H2,1-3H3. The second kappa shape index (κ2) is 7.13. The summed E-state index contributed by atoms with van der Waals surface area (Å²) in [5.74, 6) is -2.71. The van der Waals surface area contributed by atoms with Crippen LogP contribution in [0.25, 0.3) is 0 Å². The molecule has 1 atom stereocenters. The summed E-state index contributed by atoms with van der Waals surface area (Å²) in [5.41, 5.74) is 0. The summed E-state index contributed by atoms with van der Waals surface area (Å²) in [6.07, 6.45) is -3.67. The maximum Gasteiger partial charge on any atom is 0.391 e. The van der Waals surface area contributed by atoms with E-state index in [1.54, 1.807) is 14.0 Å². The number of hydrogen-bond donors (Lipinski definition) is 0. The van der Waals surface area contributed by atoms with Gasteiger partial charge in [-0.2, -0.15) is 13.2 Å². The van der Waals surface area contributed by atoms with Gasteiger partial charge in [-0.15, -0.1) is 0 Å². The molecule has 4 nitrogen and oxygen atoms in total. The first-order valence-corrected chi connectivity index (χ1v) is 7.06. The molecule has 1 unspecified atom stereocenters. The Balaban J connectivity index is 2.48. The molecular weight excluding hydrogens is 287 g/mol. The van der Waals surface area contributed by atoms with Crippen LogP contribution in [0.15, 0.2) is 0 Å². The zero-order valence-corrected chi connectivity index (χ0v) is 12.6. The first-order valence-electron chi connectivity index (χ1n) is 7.06. The van der Waals surface area contributed by atoms with Crippen molar-refractivity contribution in [3.63, 3.8) is 0 Å². The lowest BCUT2D eigenvalue weighted by molar-refractivity contribution is -0.185. The Bertz CT molecular complexity index is 376. The number of rotatable bonds is 4. The molecule has 122 valence electrons. The summed E-state index contributed by atoms with van der Waals surface area (Å²) in [4.78, 5) is 24.9. The third-order valence-corrected chi connectivity index (χ3v) is 4.07. The van der Waals surface area contributed by atoms with Gasteiger partial charge in [0.15, 0.2) is 0 Å². The van der Waals surface area contributed by atoms with Gasteiger partial charge in [-0.1, -0.05) is 6.92 Å². The quantitative estimate of drug-likeness (QED) is 0.750. The zero-order valence-electron chi connectivity index (χ0n) is 12.6. The zero-order chi connectivity index (χ0) is 16.2. The van der Waals surface area contributed by atoms with Crippen molar-refractivity contribution in [2.75, 3.05) is 20.7 Å². The molecule has 0 aliphatic heterocycles. The molecule has 1 amide bonds. The number of carbonyl (C=O) groups excluding carboxylic acids is 2. The second-order valence-electron chi connectivity index (χ2n) is 5.73. The maximum absolute atomic E-state index is 12.6. The molecule has 0 N–H and O–H groups in total. The highest BCUT2D eigenvalue weighted by atomic mass is 19.4. The fraction of sp³-hybridized carbons (Fsp3) is 0.857. The average Bonchev–Trinajstić information content (AvgIpc) is 2.44. The fourth-order valence-corrected chi connectivity index (χ4v) is 2.76. The Morgan fingerprint density at radius 1 is 1.24 bits per heavy atom. The fourth-order valence-electron chi connectivity index (χ4n) is 2.76. The predicted molar refractivity (Wildman–Crippen MR) is 70.3 cm³/mol. The lowest BCUT2D eigenvalue weighted by atomic mass is 9.81. The molecule has 1 aliphatic rings. The van der Waals surface area contributed by atoms with E-state index in [1.165, 1.54) is 12.0 Å². The molecule has 0 heterocycles. The van der Waals surface area contributed by atoms with Crippen LogP contribution in [0.3, 0.4) is 0 Å². The van der Waals surface area contributed by atoms with Crippen molar-refractivity contribution in [2.45, 2.75) is 38.8 Å². The summed E-state index contributed by atoms with van der Waals surface area (Å²) >= 11 is 0. The molecule has 0 spiro atoms. The first-order chi connectivity index (χ1) is 9.66. The van der Waals surface area contributed by atoms with Crippen LogP contribution < -0.4 is 0 Å². The van der Waals surface area contributed by atoms with Crippen LogP contribution in [0.4, 0.5) is 13.2 Å². The number of ether oxygens (including phenoxy) is 1. The Hall–Kier alpha value is -1.27. The van der Waals surface area contributed by atoms with Crippen molar-refractivity contribution in [1.29, 1.82) is 0 Å². The van der Waals surface area contributed by atoms with E-state index in [2.05, 4.69) is 4.74 Å². The third-order valence-electron chi connectivity index (χ3n) is 4.07. The molecular formula is C14H22F3NO3.